The molecule has 0 saturated carbocycles. The van der Waals surface area contributed by atoms with Crippen molar-refractivity contribution in [3.05, 3.63) is 88.1 Å². The highest BCUT2D eigenvalue weighted by molar-refractivity contribution is 6.34. The molecule has 0 fully saturated rings. The number of anilines is 2. The van der Waals surface area contributed by atoms with E-state index in [0.29, 0.717) is 35.1 Å². The summed E-state index contributed by atoms with van der Waals surface area (Å²) in [4.78, 5) is 34.5. The zero-order valence-corrected chi connectivity index (χ0v) is 19.3. The van der Waals surface area contributed by atoms with Gasteiger partial charge in [0, 0.05) is 17.3 Å². The molecule has 34 heavy (non-hydrogen) atoms. The van der Waals surface area contributed by atoms with Crippen LogP contribution in [0.4, 0.5) is 11.5 Å². The number of carbonyl (C=O) groups is 2. The molecule has 174 valence electrons. The Morgan fingerprint density at radius 3 is 2.68 bits per heavy atom. The minimum absolute atomic E-state index is 0.123. The van der Waals surface area contributed by atoms with E-state index in [1.54, 1.807) is 36.5 Å². The quantitative estimate of drug-likeness (QED) is 0.410. The molecule has 3 aromatic rings. The van der Waals surface area contributed by atoms with Crippen molar-refractivity contribution in [1.82, 2.24) is 10.3 Å². The molecule has 1 aliphatic heterocycles. The van der Waals surface area contributed by atoms with Crippen molar-refractivity contribution in [2.24, 2.45) is 10.7 Å². The minimum Gasteiger partial charge on any atom is -0.348 e. The third kappa shape index (κ3) is 5.41. The molecule has 0 aliphatic carbocycles. The summed E-state index contributed by atoms with van der Waals surface area (Å²) in [5.74, 6) is -0.149. The maximum atomic E-state index is 13.0. The highest BCUT2D eigenvalue weighted by Crippen LogP contribution is 2.25. The molecule has 0 spiro atoms. The van der Waals surface area contributed by atoms with E-state index in [9.17, 15) is 9.59 Å². The SMILES string of the molecule is CC1N=Cc2ccc(C(=O)Nc3cc(C(=O)NC(CCN)c4ccccc4)ccc3Cl)nc2N1. The third-order valence-electron chi connectivity index (χ3n) is 5.38. The Bertz CT molecular complexity index is 1230. The number of aromatic nitrogens is 1. The Labute approximate surface area is 202 Å². The Morgan fingerprint density at radius 2 is 1.91 bits per heavy atom. The van der Waals surface area contributed by atoms with Crippen molar-refractivity contribution in [2.45, 2.75) is 25.6 Å². The fourth-order valence-electron chi connectivity index (χ4n) is 3.61. The molecule has 2 heterocycles. The lowest BCUT2D eigenvalue weighted by Crippen LogP contribution is -2.30. The van der Waals surface area contributed by atoms with Gasteiger partial charge in [0.25, 0.3) is 11.8 Å². The largest absolute Gasteiger partial charge is 0.348 e. The summed E-state index contributed by atoms with van der Waals surface area (Å²) in [6.07, 6.45) is 2.19. The number of rotatable bonds is 7. The van der Waals surface area contributed by atoms with Gasteiger partial charge in [0.05, 0.1) is 16.8 Å². The van der Waals surface area contributed by atoms with Gasteiger partial charge < -0.3 is 21.7 Å². The number of halogens is 1. The molecule has 5 N–H and O–H groups in total. The van der Waals surface area contributed by atoms with E-state index in [1.807, 2.05) is 37.3 Å². The highest BCUT2D eigenvalue weighted by atomic mass is 35.5. The van der Waals surface area contributed by atoms with E-state index < -0.39 is 5.91 Å². The van der Waals surface area contributed by atoms with Gasteiger partial charge in [0.1, 0.15) is 17.7 Å². The molecular formula is C25H25ClN6O2. The van der Waals surface area contributed by atoms with Crippen molar-refractivity contribution < 1.29 is 9.59 Å². The maximum absolute atomic E-state index is 13.0. The first-order valence-corrected chi connectivity index (χ1v) is 11.3. The molecular weight excluding hydrogens is 452 g/mol. The lowest BCUT2D eigenvalue weighted by molar-refractivity contribution is 0.0934. The number of hydrogen-bond acceptors (Lipinski definition) is 6. The van der Waals surface area contributed by atoms with Crippen LogP contribution in [0.3, 0.4) is 0 Å². The first-order chi connectivity index (χ1) is 16.4. The molecule has 9 heteroatoms. The van der Waals surface area contributed by atoms with Crippen LogP contribution < -0.4 is 21.7 Å². The first-order valence-electron chi connectivity index (χ1n) is 10.9. The van der Waals surface area contributed by atoms with Crippen molar-refractivity contribution in [3.63, 3.8) is 0 Å². The number of fused-ring (bicyclic) bond motifs is 1. The molecule has 8 nitrogen and oxygen atoms in total. The summed E-state index contributed by atoms with van der Waals surface area (Å²) in [6.45, 7) is 2.31. The summed E-state index contributed by atoms with van der Waals surface area (Å²) in [6, 6.07) is 17.5. The van der Waals surface area contributed by atoms with Crippen molar-refractivity contribution >= 4 is 41.1 Å². The van der Waals surface area contributed by atoms with Gasteiger partial charge in [-0.15, -0.1) is 0 Å². The normalized spacial score (nSPS) is 15.1. The zero-order chi connectivity index (χ0) is 24.1. The minimum atomic E-state index is -0.440. The van der Waals surface area contributed by atoms with Crippen molar-refractivity contribution in [1.29, 1.82) is 0 Å². The van der Waals surface area contributed by atoms with E-state index in [4.69, 9.17) is 17.3 Å². The zero-order valence-electron chi connectivity index (χ0n) is 18.6. The number of hydrogen-bond donors (Lipinski definition) is 4. The van der Waals surface area contributed by atoms with E-state index in [2.05, 4.69) is 25.9 Å². The van der Waals surface area contributed by atoms with Gasteiger partial charge in [-0.1, -0.05) is 41.9 Å². The molecule has 2 aromatic carbocycles. The fourth-order valence-corrected chi connectivity index (χ4v) is 3.77. The second-order valence-electron chi connectivity index (χ2n) is 7.90. The number of amides is 2. The molecule has 0 saturated heterocycles. The number of aliphatic imine (C=N–C) groups is 1. The van der Waals surface area contributed by atoms with Crippen LogP contribution in [0.2, 0.25) is 5.02 Å². The molecule has 2 unspecified atom stereocenters. The van der Waals surface area contributed by atoms with Gasteiger partial charge in [-0.2, -0.15) is 0 Å². The van der Waals surface area contributed by atoms with Gasteiger partial charge in [-0.25, -0.2) is 4.98 Å². The van der Waals surface area contributed by atoms with Gasteiger partial charge in [-0.05, 0) is 55.8 Å². The lowest BCUT2D eigenvalue weighted by atomic mass is 10.0. The molecule has 0 bridgehead atoms. The van der Waals surface area contributed by atoms with Crippen molar-refractivity contribution in [3.8, 4) is 0 Å². The first kappa shape index (κ1) is 23.4. The van der Waals surface area contributed by atoms with E-state index in [1.165, 1.54) is 0 Å². The average Bonchev–Trinajstić information content (AvgIpc) is 2.85. The number of nitrogens with zero attached hydrogens (tertiary/aromatic N) is 2. The summed E-state index contributed by atoms with van der Waals surface area (Å²) in [7, 11) is 0. The molecule has 0 radical (unpaired) electrons. The summed E-state index contributed by atoms with van der Waals surface area (Å²) >= 11 is 6.31. The fraction of sp³-hybridized carbons (Fsp3) is 0.200. The van der Waals surface area contributed by atoms with Crippen LogP contribution in [0.15, 0.2) is 65.7 Å². The Morgan fingerprint density at radius 1 is 1.12 bits per heavy atom. The second kappa shape index (κ2) is 10.5. The van der Waals surface area contributed by atoms with Gasteiger partial charge in [0.15, 0.2) is 0 Å². The Hall–Kier alpha value is -3.75. The monoisotopic (exact) mass is 476 g/mol. The summed E-state index contributed by atoms with van der Waals surface area (Å²) in [5, 5.41) is 9.20. The van der Waals surface area contributed by atoms with Gasteiger partial charge >= 0.3 is 0 Å². The lowest BCUT2D eigenvalue weighted by Gasteiger charge is -2.19. The van der Waals surface area contributed by atoms with Crippen LogP contribution in [0.5, 0.6) is 0 Å². The standard InChI is InChI=1S/C25H25ClN6O2/c1-15-28-14-18-8-10-21(30-23(18)29-15)25(34)32-22-13-17(7-9-19(22)26)24(33)31-20(11-12-27)16-5-3-2-4-6-16/h2-10,13-15,20H,11-12,27H2,1H3,(H,29,30)(H,31,33)(H,32,34). The van der Waals surface area contributed by atoms with E-state index in [-0.39, 0.29) is 23.8 Å². The second-order valence-corrected chi connectivity index (χ2v) is 8.30. The maximum Gasteiger partial charge on any atom is 0.274 e. The smallest absolute Gasteiger partial charge is 0.274 e. The van der Waals surface area contributed by atoms with Crippen LogP contribution in [0.25, 0.3) is 0 Å². The Balaban J connectivity index is 1.51. The summed E-state index contributed by atoms with van der Waals surface area (Å²) in [5.41, 5.74) is 8.42. The molecule has 1 aliphatic rings. The molecule has 4 rings (SSSR count). The Kier molecular flexibility index (Phi) is 7.20. The van der Waals surface area contributed by atoms with Crippen LogP contribution >= 0.6 is 11.6 Å². The number of carbonyl (C=O) groups excluding carboxylic acids is 2. The predicted molar refractivity (Wildman–Crippen MR) is 135 cm³/mol. The van der Waals surface area contributed by atoms with Crippen LogP contribution in [0.1, 0.15) is 51.4 Å². The van der Waals surface area contributed by atoms with Gasteiger partial charge in [-0.3, -0.25) is 14.6 Å². The molecule has 1 aromatic heterocycles. The number of nitrogens with two attached hydrogens (primary N) is 1. The van der Waals surface area contributed by atoms with E-state index >= 15 is 0 Å². The van der Waals surface area contributed by atoms with Crippen LogP contribution in [0, 0.1) is 0 Å². The highest BCUT2D eigenvalue weighted by Gasteiger charge is 2.19. The summed E-state index contributed by atoms with van der Waals surface area (Å²) < 4.78 is 0. The number of pyridine rings is 1. The van der Waals surface area contributed by atoms with E-state index in [0.717, 1.165) is 11.1 Å². The molecule has 2 atom stereocenters. The van der Waals surface area contributed by atoms with Crippen LogP contribution in [-0.2, 0) is 0 Å². The number of benzene rings is 2. The van der Waals surface area contributed by atoms with Gasteiger partial charge in [0.2, 0.25) is 0 Å². The number of nitrogens with one attached hydrogen (secondary N) is 3. The molecule has 2 amide bonds. The third-order valence-corrected chi connectivity index (χ3v) is 5.71. The van der Waals surface area contributed by atoms with Crippen molar-refractivity contribution in [2.75, 3.05) is 17.2 Å². The predicted octanol–water partition coefficient (Wildman–Crippen LogP) is 4.00. The van der Waals surface area contributed by atoms with Crippen LogP contribution in [-0.4, -0.2) is 35.7 Å². The average molecular weight is 477 g/mol. The topological polar surface area (TPSA) is 122 Å².